The number of nitrogens with zero attached hydrogens (tertiary/aromatic N) is 1. The molecule has 0 unspecified atom stereocenters. The van der Waals surface area contributed by atoms with E-state index in [9.17, 15) is 9.59 Å². The predicted molar refractivity (Wildman–Crippen MR) is 83.1 cm³/mol. The Hall–Kier alpha value is -2.04. The van der Waals surface area contributed by atoms with Gasteiger partial charge in [0.05, 0.1) is 0 Å². The fourth-order valence-electron chi connectivity index (χ4n) is 2.45. The van der Waals surface area contributed by atoms with Crippen molar-refractivity contribution in [1.82, 2.24) is 10.6 Å². The van der Waals surface area contributed by atoms with E-state index in [4.69, 9.17) is 0 Å². The summed E-state index contributed by atoms with van der Waals surface area (Å²) in [6.45, 7) is 3.24. The molecule has 2 N–H and O–H groups in total. The van der Waals surface area contributed by atoms with Crippen LogP contribution >= 0.6 is 0 Å². The molecule has 1 fully saturated rings. The molecule has 0 aromatic heterocycles. The van der Waals surface area contributed by atoms with E-state index >= 15 is 0 Å². The number of nitrogens with one attached hydrogen (secondary N) is 2. The number of rotatable bonds is 5. The van der Waals surface area contributed by atoms with Crippen LogP contribution in [-0.2, 0) is 9.59 Å². The van der Waals surface area contributed by atoms with Gasteiger partial charge in [-0.1, -0.05) is 18.2 Å². The number of hydrogen-bond donors (Lipinski definition) is 2. The van der Waals surface area contributed by atoms with Gasteiger partial charge in [0.2, 0.25) is 11.8 Å². The maximum Gasteiger partial charge on any atom is 0.223 e. The van der Waals surface area contributed by atoms with Crippen LogP contribution in [0.2, 0.25) is 0 Å². The molecule has 0 radical (unpaired) electrons. The summed E-state index contributed by atoms with van der Waals surface area (Å²) in [5.74, 6) is -0.234. The zero-order chi connectivity index (χ0) is 15.2. The minimum Gasteiger partial charge on any atom is -0.370 e. The molecule has 0 aliphatic carbocycles. The van der Waals surface area contributed by atoms with Gasteiger partial charge in [-0.3, -0.25) is 9.59 Å². The van der Waals surface area contributed by atoms with E-state index in [-0.39, 0.29) is 23.8 Å². The standard InChI is InChI=1S/C16H23N3O2/c1-12(19(2)14-6-4-3-5-7-14)11-18-16(21)13-8-9-17-15(20)10-13/h3-7,12-13H,8-11H2,1-2H3,(H,17,20)(H,18,21)/t12-,13+/m1/s1. The minimum absolute atomic E-state index is 0.0156. The first-order valence-electron chi connectivity index (χ1n) is 7.40. The van der Waals surface area contributed by atoms with Gasteiger partial charge < -0.3 is 15.5 Å². The lowest BCUT2D eigenvalue weighted by atomic mass is 9.96. The molecule has 0 spiro atoms. The number of amides is 2. The van der Waals surface area contributed by atoms with Crippen LogP contribution in [0, 0.1) is 5.92 Å². The molecular weight excluding hydrogens is 266 g/mol. The largest absolute Gasteiger partial charge is 0.370 e. The van der Waals surface area contributed by atoms with Crippen LogP contribution in [0.15, 0.2) is 30.3 Å². The molecule has 0 saturated carbocycles. The lowest BCUT2D eigenvalue weighted by molar-refractivity contribution is -0.132. The van der Waals surface area contributed by atoms with Gasteiger partial charge in [-0.25, -0.2) is 0 Å². The third-order valence-corrected chi connectivity index (χ3v) is 4.01. The number of para-hydroxylation sites is 1. The molecule has 0 bridgehead atoms. The highest BCUT2D eigenvalue weighted by molar-refractivity contribution is 5.86. The molecule has 5 nitrogen and oxygen atoms in total. The summed E-state index contributed by atoms with van der Waals surface area (Å²) in [6, 6.07) is 10.3. The van der Waals surface area contributed by atoms with Crippen molar-refractivity contribution < 1.29 is 9.59 Å². The van der Waals surface area contributed by atoms with Crippen molar-refractivity contribution in [3.8, 4) is 0 Å². The second kappa shape index (κ2) is 7.11. The van der Waals surface area contributed by atoms with Crippen LogP contribution in [0.5, 0.6) is 0 Å². The van der Waals surface area contributed by atoms with E-state index in [1.165, 1.54) is 0 Å². The average molecular weight is 289 g/mol. The Balaban J connectivity index is 1.82. The van der Waals surface area contributed by atoms with Gasteiger partial charge in [-0.05, 0) is 25.5 Å². The van der Waals surface area contributed by atoms with Crippen LogP contribution in [0.3, 0.4) is 0 Å². The number of anilines is 1. The van der Waals surface area contributed by atoms with Gasteiger partial charge in [-0.2, -0.15) is 0 Å². The third kappa shape index (κ3) is 4.21. The molecule has 5 heteroatoms. The molecule has 2 atom stereocenters. The second-order valence-electron chi connectivity index (χ2n) is 5.58. The van der Waals surface area contributed by atoms with Crippen LogP contribution in [-0.4, -0.2) is 38.0 Å². The van der Waals surface area contributed by atoms with Crippen LogP contribution in [0.25, 0.3) is 0 Å². The number of benzene rings is 1. The predicted octanol–water partition coefficient (Wildman–Crippen LogP) is 1.15. The zero-order valence-electron chi connectivity index (χ0n) is 12.6. The molecule has 1 aromatic carbocycles. The molecule has 21 heavy (non-hydrogen) atoms. The maximum absolute atomic E-state index is 12.1. The van der Waals surface area contributed by atoms with Crippen molar-refractivity contribution in [2.24, 2.45) is 5.92 Å². The first-order chi connectivity index (χ1) is 10.1. The van der Waals surface area contributed by atoms with E-state index in [0.717, 1.165) is 12.1 Å². The molecular formula is C16H23N3O2. The van der Waals surface area contributed by atoms with Crippen molar-refractivity contribution in [3.63, 3.8) is 0 Å². The fraction of sp³-hybridized carbons (Fsp3) is 0.500. The summed E-state index contributed by atoms with van der Waals surface area (Å²) in [5, 5.41) is 5.71. The Morgan fingerprint density at radius 3 is 2.81 bits per heavy atom. The first-order valence-corrected chi connectivity index (χ1v) is 7.40. The molecule has 1 heterocycles. The van der Waals surface area contributed by atoms with Crippen LogP contribution < -0.4 is 15.5 Å². The average Bonchev–Trinajstić information content (AvgIpc) is 2.52. The summed E-state index contributed by atoms with van der Waals surface area (Å²) in [7, 11) is 2.01. The molecule has 2 amide bonds. The lowest BCUT2D eigenvalue weighted by Crippen LogP contribution is -2.45. The van der Waals surface area contributed by atoms with E-state index in [1.54, 1.807) is 0 Å². The van der Waals surface area contributed by atoms with Gasteiger partial charge in [0, 0.05) is 44.2 Å². The number of piperidine rings is 1. The fourth-order valence-corrected chi connectivity index (χ4v) is 2.45. The van der Waals surface area contributed by atoms with Gasteiger partial charge in [0.1, 0.15) is 0 Å². The number of carbonyl (C=O) groups excluding carboxylic acids is 2. The SMILES string of the molecule is C[C@H](CNC(=O)[C@H]1CCNC(=O)C1)N(C)c1ccccc1. The Bertz CT molecular complexity index is 490. The topological polar surface area (TPSA) is 61.4 Å². The molecule has 2 rings (SSSR count). The van der Waals surface area contributed by atoms with Crippen LogP contribution in [0.4, 0.5) is 5.69 Å². The number of hydrogen-bond acceptors (Lipinski definition) is 3. The molecule has 1 aromatic rings. The molecule has 114 valence electrons. The maximum atomic E-state index is 12.1. The monoisotopic (exact) mass is 289 g/mol. The summed E-state index contributed by atoms with van der Waals surface area (Å²) in [4.78, 5) is 25.5. The third-order valence-electron chi connectivity index (χ3n) is 4.01. The van der Waals surface area contributed by atoms with E-state index in [0.29, 0.717) is 19.5 Å². The number of likely N-dealkylation sites (N-methyl/N-ethyl adjacent to an activating group) is 1. The Labute approximate surface area is 125 Å². The summed E-state index contributed by atoms with van der Waals surface area (Å²) in [6.07, 6.45) is 1.02. The summed E-state index contributed by atoms with van der Waals surface area (Å²) in [5.41, 5.74) is 1.12. The number of carbonyl (C=O) groups is 2. The molecule has 1 aliphatic heterocycles. The Morgan fingerprint density at radius 1 is 1.43 bits per heavy atom. The van der Waals surface area contributed by atoms with E-state index in [1.807, 2.05) is 37.4 Å². The van der Waals surface area contributed by atoms with Crippen molar-refractivity contribution >= 4 is 17.5 Å². The van der Waals surface area contributed by atoms with E-state index < -0.39 is 0 Å². The highest BCUT2D eigenvalue weighted by atomic mass is 16.2. The molecule has 1 aliphatic rings. The summed E-state index contributed by atoms with van der Waals surface area (Å²) < 4.78 is 0. The van der Waals surface area contributed by atoms with Crippen molar-refractivity contribution in [3.05, 3.63) is 30.3 Å². The van der Waals surface area contributed by atoms with Gasteiger partial charge in [0.15, 0.2) is 0 Å². The Kier molecular flexibility index (Phi) is 5.20. The van der Waals surface area contributed by atoms with Crippen molar-refractivity contribution in [2.75, 3.05) is 25.0 Å². The zero-order valence-corrected chi connectivity index (χ0v) is 12.6. The highest BCUT2D eigenvalue weighted by Gasteiger charge is 2.25. The van der Waals surface area contributed by atoms with Crippen molar-refractivity contribution in [2.45, 2.75) is 25.8 Å². The second-order valence-corrected chi connectivity index (χ2v) is 5.58. The lowest BCUT2D eigenvalue weighted by Gasteiger charge is -2.28. The van der Waals surface area contributed by atoms with E-state index in [2.05, 4.69) is 22.5 Å². The molecule has 1 saturated heterocycles. The smallest absolute Gasteiger partial charge is 0.223 e. The first kappa shape index (κ1) is 15.4. The van der Waals surface area contributed by atoms with Crippen molar-refractivity contribution in [1.29, 1.82) is 0 Å². The quantitative estimate of drug-likeness (QED) is 0.855. The normalized spacial score (nSPS) is 19.5. The van der Waals surface area contributed by atoms with Gasteiger partial charge in [-0.15, -0.1) is 0 Å². The Morgan fingerprint density at radius 2 is 2.14 bits per heavy atom. The summed E-state index contributed by atoms with van der Waals surface area (Å²) >= 11 is 0. The minimum atomic E-state index is -0.187. The highest BCUT2D eigenvalue weighted by Crippen LogP contribution is 2.15. The van der Waals surface area contributed by atoms with Gasteiger partial charge >= 0.3 is 0 Å². The van der Waals surface area contributed by atoms with Gasteiger partial charge in [0.25, 0.3) is 0 Å². The van der Waals surface area contributed by atoms with Crippen LogP contribution in [0.1, 0.15) is 19.8 Å².